The van der Waals surface area contributed by atoms with E-state index in [0.29, 0.717) is 16.3 Å². The van der Waals surface area contributed by atoms with Gasteiger partial charge in [-0.15, -0.1) is 0 Å². The van der Waals surface area contributed by atoms with Gasteiger partial charge in [-0.2, -0.15) is 0 Å². The Morgan fingerprint density at radius 2 is 1.79 bits per heavy atom. The van der Waals surface area contributed by atoms with Gasteiger partial charge in [-0.3, -0.25) is 0 Å². The third-order valence-electron chi connectivity index (χ3n) is 3.73. The molecule has 1 aromatic rings. The first-order valence-corrected chi connectivity index (χ1v) is 8.72. The lowest BCUT2D eigenvalue weighted by molar-refractivity contribution is 0.468. The number of sulfonamides is 1. The molecule has 2 saturated carbocycles. The van der Waals surface area contributed by atoms with Crippen molar-refractivity contribution in [1.82, 2.24) is 4.72 Å². The summed E-state index contributed by atoms with van der Waals surface area (Å²) in [5.41, 5.74) is 0. The SMILES string of the molecule is O=S(=O)(NC(C1CC1)C1CC1)c1ccc(Br)cc1F. The molecule has 0 amide bonds. The molecule has 2 aliphatic carbocycles. The Hall–Kier alpha value is -0.460. The van der Waals surface area contributed by atoms with E-state index in [9.17, 15) is 12.8 Å². The van der Waals surface area contributed by atoms with E-state index in [-0.39, 0.29) is 10.9 Å². The first-order chi connectivity index (χ1) is 8.97. The number of hydrogen-bond donors (Lipinski definition) is 1. The Bertz CT molecular complexity index is 585. The van der Waals surface area contributed by atoms with Crippen LogP contribution >= 0.6 is 15.9 Å². The molecule has 0 heterocycles. The predicted molar refractivity (Wildman–Crippen MR) is 73.7 cm³/mol. The Morgan fingerprint density at radius 1 is 1.21 bits per heavy atom. The van der Waals surface area contributed by atoms with E-state index in [0.717, 1.165) is 25.7 Å². The molecule has 2 aliphatic rings. The molecule has 6 heteroatoms. The summed E-state index contributed by atoms with van der Waals surface area (Å²) in [5, 5.41) is 0. The molecule has 0 saturated heterocycles. The van der Waals surface area contributed by atoms with Gasteiger partial charge < -0.3 is 0 Å². The number of halogens is 2. The van der Waals surface area contributed by atoms with Gasteiger partial charge in [0.15, 0.2) is 0 Å². The molecule has 3 rings (SSSR count). The standard InChI is InChI=1S/C13H15BrFNO2S/c14-10-5-6-12(11(15)7-10)19(17,18)16-13(8-1-2-8)9-3-4-9/h5-9,13,16H,1-4H2. The molecule has 3 nitrogen and oxygen atoms in total. The average molecular weight is 348 g/mol. The number of benzene rings is 1. The molecular weight excluding hydrogens is 333 g/mol. The van der Waals surface area contributed by atoms with E-state index in [1.807, 2.05) is 0 Å². The van der Waals surface area contributed by atoms with Crippen LogP contribution in [0.5, 0.6) is 0 Å². The van der Waals surface area contributed by atoms with Crippen LogP contribution < -0.4 is 4.72 Å². The summed E-state index contributed by atoms with van der Waals surface area (Å²) < 4.78 is 41.6. The predicted octanol–water partition coefficient (Wildman–Crippen LogP) is 3.06. The second-order valence-corrected chi connectivity index (χ2v) is 7.99. The first kappa shape index (κ1) is 13.5. The van der Waals surface area contributed by atoms with Crippen LogP contribution in [0, 0.1) is 17.7 Å². The fourth-order valence-electron chi connectivity index (χ4n) is 2.42. The zero-order valence-electron chi connectivity index (χ0n) is 10.3. The van der Waals surface area contributed by atoms with Gasteiger partial charge >= 0.3 is 0 Å². The van der Waals surface area contributed by atoms with Gasteiger partial charge in [-0.1, -0.05) is 15.9 Å². The van der Waals surface area contributed by atoms with E-state index in [1.165, 1.54) is 12.1 Å². The van der Waals surface area contributed by atoms with Crippen LogP contribution in [0.2, 0.25) is 0 Å². The van der Waals surface area contributed by atoms with Crippen molar-refractivity contribution in [2.45, 2.75) is 36.6 Å². The van der Waals surface area contributed by atoms with Crippen LogP contribution in [-0.4, -0.2) is 14.5 Å². The number of rotatable bonds is 5. The average Bonchev–Trinajstić information content (AvgIpc) is 3.18. The maximum Gasteiger partial charge on any atom is 0.243 e. The molecule has 0 radical (unpaired) electrons. The van der Waals surface area contributed by atoms with Crippen molar-refractivity contribution in [1.29, 1.82) is 0 Å². The van der Waals surface area contributed by atoms with Gasteiger partial charge in [0.25, 0.3) is 0 Å². The fraction of sp³-hybridized carbons (Fsp3) is 0.538. The van der Waals surface area contributed by atoms with Crippen molar-refractivity contribution < 1.29 is 12.8 Å². The van der Waals surface area contributed by atoms with Gasteiger partial charge in [-0.25, -0.2) is 17.5 Å². The van der Waals surface area contributed by atoms with E-state index < -0.39 is 15.8 Å². The van der Waals surface area contributed by atoms with Crippen molar-refractivity contribution in [2.75, 3.05) is 0 Å². The molecule has 0 unspecified atom stereocenters. The highest BCUT2D eigenvalue weighted by Crippen LogP contribution is 2.45. The minimum Gasteiger partial charge on any atom is -0.207 e. The van der Waals surface area contributed by atoms with Crippen LogP contribution in [0.25, 0.3) is 0 Å². The summed E-state index contributed by atoms with van der Waals surface area (Å²) in [6.07, 6.45) is 4.30. The molecule has 0 aliphatic heterocycles. The van der Waals surface area contributed by atoms with Gasteiger partial charge in [0.2, 0.25) is 10.0 Å². The van der Waals surface area contributed by atoms with Gasteiger partial charge in [-0.05, 0) is 55.7 Å². The maximum absolute atomic E-state index is 13.8. The minimum absolute atomic E-state index is 0.00644. The summed E-state index contributed by atoms with van der Waals surface area (Å²) in [4.78, 5) is -0.262. The molecule has 19 heavy (non-hydrogen) atoms. The van der Waals surface area contributed by atoms with Crippen LogP contribution in [-0.2, 0) is 10.0 Å². The van der Waals surface area contributed by atoms with Crippen LogP contribution in [0.3, 0.4) is 0 Å². The van der Waals surface area contributed by atoms with Crippen molar-refractivity contribution in [3.8, 4) is 0 Å². The smallest absolute Gasteiger partial charge is 0.207 e. The van der Waals surface area contributed by atoms with E-state index in [1.54, 1.807) is 6.07 Å². The highest BCUT2D eigenvalue weighted by molar-refractivity contribution is 9.10. The largest absolute Gasteiger partial charge is 0.243 e. The van der Waals surface area contributed by atoms with E-state index >= 15 is 0 Å². The van der Waals surface area contributed by atoms with Crippen LogP contribution in [0.1, 0.15) is 25.7 Å². The highest BCUT2D eigenvalue weighted by atomic mass is 79.9. The second kappa shape index (κ2) is 4.82. The summed E-state index contributed by atoms with van der Waals surface area (Å²) in [7, 11) is -3.76. The molecule has 1 aromatic carbocycles. The zero-order chi connectivity index (χ0) is 13.6. The lowest BCUT2D eigenvalue weighted by Gasteiger charge is -2.18. The Labute approximate surface area is 120 Å². The van der Waals surface area contributed by atoms with Crippen molar-refractivity contribution in [3.05, 3.63) is 28.5 Å². The second-order valence-electron chi connectivity index (χ2n) is 5.40. The van der Waals surface area contributed by atoms with Gasteiger partial charge in [0, 0.05) is 10.5 Å². The quantitative estimate of drug-likeness (QED) is 0.889. The summed E-state index contributed by atoms with van der Waals surface area (Å²) in [5.74, 6) is 0.175. The molecule has 0 aromatic heterocycles. The molecule has 0 spiro atoms. The normalized spacial score (nSPS) is 19.9. The van der Waals surface area contributed by atoms with E-state index in [4.69, 9.17) is 0 Å². The summed E-state index contributed by atoms with van der Waals surface area (Å²) in [6, 6.07) is 4.02. The Balaban J connectivity index is 1.85. The number of nitrogens with one attached hydrogen (secondary N) is 1. The lowest BCUT2D eigenvalue weighted by atomic mass is 10.1. The van der Waals surface area contributed by atoms with Crippen LogP contribution in [0.4, 0.5) is 4.39 Å². The van der Waals surface area contributed by atoms with Crippen molar-refractivity contribution in [3.63, 3.8) is 0 Å². The highest BCUT2D eigenvalue weighted by Gasteiger charge is 2.43. The van der Waals surface area contributed by atoms with Crippen molar-refractivity contribution >= 4 is 26.0 Å². The fourth-order valence-corrected chi connectivity index (χ4v) is 4.19. The molecule has 2 fully saturated rings. The first-order valence-electron chi connectivity index (χ1n) is 6.45. The third-order valence-corrected chi connectivity index (χ3v) is 5.72. The third kappa shape index (κ3) is 3.01. The maximum atomic E-state index is 13.8. The molecule has 1 N–H and O–H groups in total. The topological polar surface area (TPSA) is 46.2 Å². The molecule has 0 bridgehead atoms. The van der Waals surface area contributed by atoms with Gasteiger partial charge in [0.1, 0.15) is 10.7 Å². The molecular formula is C13H15BrFNO2S. The Morgan fingerprint density at radius 3 is 2.26 bits per heavy atom. The summed E-state index contributed by atoms with van der Waals surface area (Å²) >= 11 is 3.13. The lowest BCUT2D eigenvalue weighted by Crippen LogP contribution is -2.38. The minimum atomic E-state index is -3.76. The Kier molecular flexibility index (Phi) is 3.43. The summed E-state index contributed by atoms with van der Waals surface area (Å²) in [6.45, 7) is 0. The van der Waals surface area contributed by atoms with E-state index in [2.05, 4.69) is 20.7 Å². The van der Waals surface area contributed by atoms with Crippen molar-refractivity contribution in [2.24, 2.45) is 11.8 Å². The van der Waals surface area contributed by atoms with Crippen LogP contribution in [0.15, 0.2) is 27.6 Å². The molecule has 104 valence electrons. The zero-order valence-corrected chi connectivity index (χ0v) is 12.7. The molecule has 0 atom stereocenters. The number of hydrogen-bond acceptors (Lipinski definition) is 2. The van der Waals surface area contributed by atoms with Gasteiger partial charge in [0.05, 0.1) is 0 Å². The monoisotopic (exact) mass is 347 g/mol.